The first-order valence-electron chi connectivity index (χ1n) is 13.8. The molecule has 0 radical (unpaired) electrons. The van der Waals surface area contributed by atoms with E-state index in [2.05, 4.69) is 5.32 Å². The summed E-state index contributed by atoms with van der Waals surface area (Å²) in [6, 6.07) is 16.9. The SMILES string of the molecule is CCOc1ccccc1N(CC(=O)N(Cc1ccc(F)cc1)C(CC)C(=O)NCC(C)C)S(=O)(=O)c1ccc(Cl)cc1. The normalized spacial score (nSPS) is 12.1. The molecule has 0 fully saturated rings. The second kappa shape index (κ2) is 15.0. The molecule has 1 atom stereocenters. The Hall–Kier alpha value is -3.63. The van der Waals surface area contributed by atoms with Gasteiger partial charge in [-0.25, -0.2) is 12.8 Å². The van der Waals surface area contributed by atoms with Crippen molar-refractivity contribution in [2.45, 2.75) is 51.6 Å². The molecule has 0 heterocycles. The van der Waals surface area contributed by atoms with Gasteiger partial charge in [-0.1, -0.05) is 56.6 Å². The number of amides is 2. The molecular formula is C31H37ClFN3O5S. The summed E-state index contributed by atoms with van der Waals surface area (Å²) in [7, 11) is -4.30. The van der Waals surface area contributed by atoms with Gasteiger partial charge in [0, 0.05) is 18.1 Å². The standard InChI is InChI=1S/C31H37ClFN3O5S/c1-5-27(31(38)34-19-22(3)4)35(20-23-11-15-25(33)16-12-23)30(37)21-36(28-9-7-8-10-29(28)41-6-2)42(39,40)26-17-13-24(32)14-18-26/h7-18,22,27H,5-6,19-21H2,1-4H3,(H,34,38). The zero-order valence-electron chi connectivity index (χ0n) is 24.2. The van der Waals surface area contributed by atoms with E-state index in [4.69, 9.17) is 16.3 Å². The van der Waals surface area contributed by atoms with Crippen molar-refractivity contribution in [3.05, 3.63) is 89.2 Å². The molecule has 226 valence electrons. The monoisotopic (exact) mass is 617 g/mol. The molecule has 0 aromatic heterocycles. The first-order valence-corrected chi connectivity index (χ1v) is 15.6. The lowest BCUT2D eigenvalue weighted by molar-refractivity contribution is -0.140. The molecule has 0 spiro atoms. The van der Waals surface area contributed by atoms with Crippen molar-refractivity contribution in [1.82, 2.24) is 10.2 Å². The molecule has 42 heavy (non-hydrogen) atoms. The predicted molar refractivity (Wildman–Crippen MR) is 162 cm³/mol. The van der Waals surface area contributed by atoms with Crippen LogP contribution in [0, 0.1) is 11.7 Å². The highest BCUT2D eigenvalue weighted by atomic mass is 35.5. The minimum absolute atomic E-state index is 0.0331. The van der Waals surface area contributed by atoms with E-state index >= 15 is 0 Å². The number of nitrogens with zero attached hydrogens (tertiary/aromatic N) is 2. The number of para-hydroxylation sites is 2. The van der Waals surface area contributed by atoms with Crippen LogP contribution in [-0.4, -0.2) is 50.9 Å². The number of carbonyl (C=O) groups excluding carboxylic acids is 2. The molecule has 1 N–H and O–H groups in total. The van der Waals surface area contributed by atoms with Crippen molar-refractivity contribution >= 4 is 39.1 Å². The summed E-state index contributed by atoms with van der Waals surface area (Å²) in [4.78, 5) is 28.7. The second-order valence-corrected chi connectivity index (χ2v) is 12.4. The number of anilines is 1. The minimum atomic E-state index is -4.30. The van der Waals surface area contributed by atoms with Gasteiger partial charge < -0.3 is 15.0 Å². The number of hydrogen-bond acceptors (Lipinski definition) is 5. The maximum Gasteiger partial charge on any atom is 0.264 e. The van der Waals surface area contributed by atoms with Crippen LogP contribution in [0.5, 0.6) is 5.75 Å². The topological polar surface area (TPSA) is 96.0 Å². The quantitative estimate of drug-likeness (QED) is 0.252. The lowest BCUT2D eigenvalue weighted by Gasteiger charge is -2.33. The van der Waals surface area contributed by atoms with Gasteiger partial charge in [0.15, 0.2) is 0 Å². The van der Waals surface area contributed by atoms with Crippen LogP contribution in [0.2, 0.25) is 5.02 Å². The van der Waals surface area contributed by atoms with Crippen LogP contribution in [0.4, 0.5) is 10.1 Å². The molecule has 0 saturated heterocycles. The Morgan fingerprint density at radius 3 is 2.21 bits per heavy atom. The van der Waals surface area contributed by atoms with Gasteiger partial charge in [-0.2, -0.15) is 0 Å². The van der Waals surface area contributed by atoms with Crippen LogP contribution >= 0.6 is 11.6 Å². The second-order valence-electron chi connectivity index (χ2n) is 10.1. The van der Waals surface area contributed by atoms with Crippen molar-refractivity contribution in [2.75, 3.05) is 24.0 Å². The van der Waals surface area contributed by atoms with Gasteiger partial charge in [0.05, 0.1) is 17.2 Å². The van der Waals surface area contributed by atoms with Crippen molar-refractivity contribution < 1.29 is 27.1 Å². The van der Waals surface area contributed by atoms with E-state index in [1.165, 1.54) is 53.4 Å². The highest BCUT2D eigenvalue weighted by Gasteiger charge is 2.34. The Morgan fingerprint density at radius 2 is 1.62 bits per heavy atom. The van der Waals surface area contributed by atoms with Crippen molar-refractivity contribution in [3.8, 4) is 5.75 Å². The molecular weight excluding hydrogens is 581 g/mol. The van der Waals surface area contributed by atoms with E-state index in [-0.39, 0.29) is 47.7 Å². The van der Waals surface area contributed by atoms with Gasteiger partial charge in [0.2, 0.25) is 11.8 Å². The third-order valence-corrected chi connectivity index (χ3v) is 8.48. The van der Waals surface area contributed by atoms with Crippen LogP contribution in [-0.2, 0) is 26.2 Å². The average molecular weight is 618 g/mol. The van der Waals surface area contributed by atoms with E-state index < -0.39 is 34.3 Å². The third-order valence-electron chi connectivity index (χ3n) is 6.45. The smallest absolute Gasteiger partial charge is 0.264 e. The minimum Gasteiger partial charge on any atom is -0.492 e. The molecule has 3 rings (SSSR count). The number of benzene rings is 3. The van der Waals surface area contributed by atoms with Gasteiger partial charge in [-0.05, 0) is 73.4 Å². The zero-order valence-corrected chi connectivity index (χ0v) is 25.8. The van der Waals surface area contributed by atoms with Gasteiger partial charge in [-0.15, -0.1) is 0 Å². The molecule has 3 aromatic rings. The number of halogens is 2. The van der Waals surface area contributed by atoms with Crippen molar-refractivity contribution in [2.24, 2.45) is 5.92 Å². The summed E-state index contributed by atoms with van der Waals surface area (Å²) >= 11 is 6.01. The number of sulfonamides is 1. The summed E-state index contributed by atoms with van der Waals surface area (Å²) in [5.74, 6) is -0.954. The summed E-state index contributed by atoms with van der Waals surface area (Å²) < 4.78 is 48.4. The van der Waals surface area contributed by atoms with Crippen LogP contribution in [0.3, 0.4) is 0 Å². The Morgan fingerprint density at radius 1 is 0.976 bits per heavy atom. The van der Waals surface area contributed by atoms with Gasteiger partial charge in [0.25, 0.3) is 10.0 Å². The molecule has 1 unspecified atom stereocenters. The van der Waals surface area contributed by atoms with Crippen LogP contribution in [0.25, 0.3) is 0 Å². The van der Waals surface area contributed by atoms with Crippen LogP contribution in [0.1, 0.15) is 39.7 Å². The Kier molecular flexibility index (Phi) is 11.8. The lowest BCUT2D eigenvalue weighted by atomic mass is 10.1. The van der Waals surface area contributed by atoms with Gasteiger partial charge >= 0.3 is 0 Å². The lowest BCUT2D eigenvalue weighted by Crippen LogP contribution is -2.52. The molecule has 0 saturated carbocycles. The molecule has 3 aromatic carbocycles. The number of ether oxygens (including phenoxy) is 1. The summed E-state index contributed by atoms with van der Waals surface area (Å²) in [5, 5.41) is 3.23. The van der Waals surface area contributed by atoms with E-state index in [1.807, 2.05) is 13.8 Å². The maximum atomic E-state index is 14.1. The summed E-state index contributed by atoms with van der Waals surface area (Å²) in [6.07, 6.45) is 0.274. The third kappa shape index (κ3) is 8.45. The number of nitrogens with one attached hydrogen (secondary N) is 1. The Bertz CT molecular complexity index is 1450. The fraction of sp³-hybridized carbons (Fsp3) is 0.355. The largest absolute Gasteiger partial charge is 0.492 e. The predicted octanol–water partition coefficient (Wildman–Crippen LogP) is 5.65. The fourth-order valence-corrected chi connectivity index (χ4v) is 5.87. The average Bonchev–Trinajstić information content (AvgIpc) is 2.96. The molecule has 0 bridgehead atoms. The number of hydrogen-bond donors (Lipinski definition) is 1. The number of rotatable bonds is 14. The molecule has 2 amide bonds. The molecule has 0 aliphatic rings. The summed E-state index contributed by atoms with van der Waals surface area (Å²) in [5.41, 5.74) is 0.753. The van der Waals surface area contributed by atoms with Gasteiger partial charge in [0.1, 0.15) is 24.2 Å². The van der Waals surface area contributed by atoms with Crippen molar-refractivity contribution in [3.63, 3.8) is 0 Å². The zero-order chi connectivity index (χ0) is 30.9. The van der Waals surface area contributed by atoms with Gasteiger partial charge in [-0.3, -0.25) is 13.9 Å². The highest BCUT2D eigenvalue weighted by Crippen LogP contribution is 2.33. The van der Waals surface area contributed by atoms with Crippen LogP contribution in [0.15, 0.2) is 77.7 Å². The maximum absolute atomic E-state index is 14.1. The molecule has 0 aliphatic carbocycles. The van der Waals surface area contributed by atoms with E-state index in [1.54, 1.807) is 38.1 Å². The first kappa shape index (κ1) is 32.9. The molecule has 8 nitrogen and oxygen atoms in total. The summed E-state index contributed by atoms with van der Waals surface area (Å²) in [6.45, 7) is 7.48. The van der Waals surface area contributed by atoms with Crippen LogP contribution < -0.4 is 14.4 Å². The highest BCUT2D eigenvalue weighted by molar-refractivity contribution is 7.92. The Balaban J connectivity index is 2.09. The fourth-order valence-electron chi connectivity index (χ4n) is 4.32. The molecule has 11 heteroatoms. The van der Waals surface area contributed by atoms with E-state index in [9.17, 15) is 22.4 Å². The Labute approximate surface area is 252 Å². The van der Waals surface area contributed by atoms with E-state index in [0.29, 0.717) is 17.1 Å². The van der Waals surface area contributed by atoms with E-state index in [0.717, 1.165) is 4.31 Å². The molecule has 0 aliphatic heterocycles. The number of carbonyl (C=O) groups is 2. The first-order chi connectivity index (χ1) is 20.0. The van der Waals surface area contributed by atoms with Crippen molar-refractivity contribution in [1.29, 1.82) is 0 Å².